The second kappa shape index (κ2) is 9.67. The van der Waals surface area contributed by atoms with Gasteiger partial charge in [-0.2, -0.15) is 0 Å². The van der Waals surface area contributed by atoms with Crippen LogP contribution in [0.4, 0.5) is 0 Å². The Hall–Kier alpha value is -0.230. The summed E-state index contributed by atoms with van der Waals surface area (Å²) >= 11 is 5.07. The second-order valence-corrected chi connectivity index (χ2v) is 5.62. The van der Waals surface area contributed by atoms with Gasteiger partial charge >= 0.3 is 0 Å². The standard InChI is InChI=1S/C13H28N2O2S/c1-13(2,12(14)18)6-5-7-15(8-10-16-3)9-11-17-4/h5-11H2,1-4H3,(H2,14,18). The molecule has 0 radical (unpaired) electrons. The molecular formula is C13H28N2O2S. The van der Waals surface area contributed by atoms with Crippen LogP contribution in [0.25, 0.3) is 0 Å². The Morgan fingerprint density at radius 1 is 1.11 bits per heavy atom. The van der Waals surface area contributed by atoms with Gasteiger partial charge < -0.3 is 15.2 Å². The minimum Gasteiger partial charge on any atom is -0.393 e. The summed E-state index contributed by atoms with van der Waals surface area (Å²) in [7, 11) is 3.45. The van der Waals surface area contributed by atoms with E-state index < -0.39 is 0 Å². The van der Waals surface area contributed by atoms with Crippen molar-refractivity contribution >= 4 is 17.2 Å². The first-order chi connectivity index (χ1) is 8.44. The molecule has 0 unspecified atom stereocenters. The SMILES string of the molecule is COCCN(CCCC(C)(C)C(N)=S)CCOC. The molecule has 4 nitrogen and oxygen atoms in total. The van der Waals surface area contributed by atoms with E-state index in [-0.39, 0.29) is 5.41 Å². The van der Waals surface area contributed by atoms with Crippen molar-refractivity contribution in [3.05, 3.63) is 0 Å². The summed E-state index contributed by atoms with van der Waals surface area (Å²) in [6.45, 7) is 8.61. The van der Waals surface area contributed by atoms with E-state index in [0.717, 1.165) is 45.7 Å². The number of thiocarbonyl (C=S) groups is 1. The Morgan fingerprint density at radius 3 is 2.00 bits per heavy atom. The third-order valence-corrected chi connectivity index (χ3v) is 3.72. The van der Waals surface area contributed by atoms with Crippen molar-refractivity contribution in [3.8, 4) is 0 Å². The van der Waals surface area contributed by atoms with Gasteiger partial charge in [0.25, 0.3) is 0 Å². The lowest BCUT2D eigenvalue weighted by Crippen LogP contribution is -2.34. The first kappa shape index (κ1) is 17.8. The molecule has 0 aromatic carbocycles. The summed E-state index contributed by atoms with van der Waals surface area (Å²) in [5.74, 6) is 0. The molecule has 0 saturated heterocycles. The molecule has 0 aliphatic rings. The molecular weight excluding hydrogens is 248 g/mol. The maximum Gasteiger partial charge on any atom is 0.0784 e. The third kappa shape index (κ3) is 7.97. The van der Waals surface area contributed by atoms with Crippen LogP contribution in [-0.4, -0.2) is 57.0 Å². The zero-order chi connectivity index (χ0) is 14.0. The fraction of sp³-hybridized carbons (Fsp3) is 0.923. The average Bonchev–Trinajstić information content (AvgIpc) is 2.31. The van der Waals surface area contributed by atoms with Crippen molar-refractivity contribution in [2.24, 2.45) is 11.1 Å². The van der Waals surface area contributed by atoms with Gasteiger partial charge in [0.15, 0.2) is 0 Å². The maximum absolute atomic E-state index is 5.73. The number of hydrogen-bond acceptors (Lipinski definition) is 4. The molecule has 108 valence electrons. The number of ether oxygens (including phenoxy) is 2. The zero-order valence-corrected chi connectivity index (χ0v) is 13.0. The van der Waals surface area contributed by atoms with Crippen LogP contribution < -0.4 is 5.73 Å². The molecule has 5 heteroatoms. The lowest BCUT2D eigenvalue weighted by atomic mass is 9.88. The van der Waals surface area contributed by atoms with Gasteiger partial charge in [-0.25, -0.2) is 0 Å². The van der Waals surface area contributed by atoms with Gasteiger partial charge in [-0.3, -0.25) is 4.90 Å². The van der Waals surface area contributed by atoms with Gasteiger partial charge in [0.1, 0.15) is 0 Å². The Balaban J connectivity index is 3.97. The molecule has 0 bridgehead atoms. The number of rotatable bonds is 11. The molecule has 0 heterocycles. The molecule has 18 heavy (non-hydrogen) atoms. The molecule has 0 spiro atoms. The predicted octanol–water partition coefficient (Wildman–Crippen LogP) is 1.67. The van der Waals surface area contributed by atoms with Crippen LogP contribution in [0, 0.1) is 5.41 Å². The fourth-order valence-corrected chi connectivity index (χ4v) is 1.75. The number of nitrogens with two attached hydrogens (primary N) is 1. The van der Waals surface area contributed by atoms with E-state index in [9.17, 15) is 0 Å². The summed E-state index contributed by atoms with van der Waals surface area (Å²) in [6, 6.07) is 0. The van der Waals surface area contributed by atoms with Crippen LogP contribution in [0.2, 0.25) is 0 Å². The molecule has 0 amide bonds. The molecule has 0 aliphatic carbocycles. The highest BCUT2D eigenvalue weighted by Crippen LogP contribution is 2.22. The molecule has 0 atom stereocenters. The van der Waals surface area contributed by atoms with Gasteiger partial charge in [0.2, 0.25) is 0 Å². The van der Waals surface area contributed by atoms with E-state index in [2.05, 4.69) is 18.7 Å². The monoisotopic (exact) mass is 276 g/mol. The summed E-state index contributed by atoms with van der Waals surface area (Å²) in [5, 5.41) is 0. The summed E-state index contributed by atoms with van der Waals surface area (Å²) < 4.78 is 10.2. The van der Waals surface area contributed by atoms with Crippen molar-refractivity contribution in [3.63, 3.8) is 0 Å². The maximum atomic E-state index is 5.73. The summed E-state index contributed by atoms with van der Waals surface area (Å²) in [4.78, 5) is 2.95. The number of methoxy groups -OCH3 is 2. The minimum absolute atomic E-state index is 0.0521. The largest absolute Gasteiger partial charge is 0.393 e. The van der Waals surface area contributed by atoms with Gasteiger partial charge in [-0.1, -0.05) is 26.1 Å². The average molecular weight is 276 g/mol. The van der Waals surface area contributed by atoms with E-state index in [0.29, 0.717) is 4.99 Å². The highest BCUT2D eigenvalue weighted by Gasteiger charge is 2.20. The van der Waals surface area contributed by atoms with Crippen molar-refractivity contribution in [1.82, 2.24) is 4.90 Å². The van der Waals surface area contributed by atoms with Crippen LogP contribution >= 0.6 is 12.2 Å². The number of nitrogens with zero attached hydrogens (tertiary/aromatic N) is 1. The van der Waals surface area contributed by atoms with Crippen molar-refractivity contribution in [2.45, 2.75) is 26.7 Å². The van der Waals surface area contributed by atoms with E-state index in [4.69, 9.17) is 27.4 Å². The lowest BCUT2D eigenvalue weighted by molar-refractivity contribution is 0.112. The normalized spacial score (nSPS) is 12.1. The Labute approximate surface area is 117 Å². The topological polar surface area (TPSA) is 47.7 Å². The Morgan fingerprint density at radius 2 is 1.61 bits per heavy atom. The summed E-state index contributed by atoms with van der Waals surface area (Å²) in [5.41, 5.74) is 5.67. The van der Waals surface area contributed by atoms with Crippen LogP contribution in [-0.2, 0) is 9.47 Å². The molecule has 0 aliphatic heterocycles. The molecule has 0 saturated carbocycles. The van der Waals surface area contributed by atoms with Gasteiger partial charge in [0, 0.05) is 32.7 Å². The molecule has 0 fully saturated rings. The van der Waals surface area contributed by atoms with Crippen LogP contribution in [0.3, 0.4) is 0 Å². The van der Waals surface area contributed by atoms with E-state index in [1.54, 1.807) is 14.2 Å². The molecule has 0 aromatic rings. The van der Waals surface area contributed by atoms with Gasteiger partial charge in [-0.05, 0) is 19.4 Å². The predicted molar refractivity (Wildman–Crippen MR) is 80.0 cm³/mol. The van der Waals surface area contributed by atoms with Crippen molar-refractivity contribution in [2.75, 3.05) is 47.1 Å². The smallest absolute Gasteiger partial charge is 0.0784 e. The second-order valence-electron chi connectivity index (χ2n) is 5.18. The Bertz CT molecular complexity index is 227. The van der Waals surface area contributed by atoms with Crippen molar-refractivity contribution in [1.29, 1.82) is 0 Å². The first-order valence-electron chi connectivity index (χ1n) is 6.44. The first-order valence-corrected chi connectivity index (χ1v) is 6.85. The minimum atomic E-state index is -0.0521. The fourth-order valence-electron chi connectivity index (χ4n) is 1.64. The van der Waals surface area contributed by atoms with Crippen LogP contribution in [0.1, 0.15) is 26.7 Å². The Kier molecular flexibility index (Phi) is 9.54. The molecule has 0 rings (SSSR count). The molecule has 0 aromatic heterocycles. The quantitative estimate of drug-likeness (QED) is 0.582. The van der Waals surface area contributed by atoms with Gasteiger partial charge in [-0.15, -0.1) is 0 Å². The number of hydrogen-bond donors (Lipinski definition) is 1. The lowest BCUT2D eigenvalue weighted by Gasteiger charge is -2.26. The van der Waals surface area contributed by atoms with E-state index >= 15 is 0 Å². The molecule has 2 N–H and O–H groups in total. The third-order valence-electron chi connectivity index (χ3n) is 3.17. The van der Waals surface area contributed by atoms with E-state index in [1.165, 1.54) is 0 Å². The highest BCUT2D eigenvalue weighted by molar-refractivity contribution is 7.80. The van der Waals surface area contributed by atoms with Crippen molar-refractivity contribution < 1.29 is 9.47 Å². The summed E-state index contributed by atoms with van der Waals surface area (Å²) in [6.07, 6.45) is 2.09. The highest BCUT2D eigenvalue weighted by atomic mass is 32.1. The van der Waals surface area contributed by atoms with E-state index in [1.807, 2.05) is 0 Å². The van der Waals surface area contributed by atoms with Crippen LogP contribution in [0.5, 0.6) is 0 Å². The van der Waals surface area contributed by atoms with Crippen LogP contribution in [0.15, 0.2) is 0 Å². The van der Waals surface area contributed by atoms with Gasteiger partial charge in [0.05, 0.1) is 18.2 Å². The zero-order valence-electron chi connectivity index (χ0n) is 12.2.